The molecule has 0 bridgehead atoms. The zero-order valence-corrected chi connectivity index (χ0v) is 29.5. The van der Waals surface area contributed by atoms with Crippen LogP contribution in [-0.2, 0) is 33.6 Å². The number of aliphatic hydroxyl groups excluding tert-OH is 3. The average Bonchev–Trinajstić information content (AvgIpc) is 3.72. The van der Waals surface area contributed by atoms with Crippen LogP contribution in [0.2, 0.25) is 0 Å². The number of ether oxygens (including phenoxy) is 3. The minimum atomic E-state index is -4.83. The molecule has 0 aromatic rings. The van der Waals surface area contributed by atoms with E-state index in [1.54, 1.807) is 0 Å². The van der Waals surface area contributed by atoms with Crippen molar-refractivity contribution in [1.29, 1.82) is 0 Å². The molecule has 4 aliphatic carbocycles. The number of epoxide rings is 1. The second-order valence-corrected chi connectivity index (χ2v) is 17.7. The van der Waals surface area contributed by atoms with Crippen LogP contribution in [0.15, 0.2) is 11.6 Å². The second-order valence-electron chi connectivity index (χ2n) is 16.7. The van der Waals surface area contributed by atoms with Crippen LogP contribution in [0.5, 0.6) is 0 Å². The van der Waals surface area contributed by atoms with Crippen LogP contribution in [0.3, 0.4) is 0 Å². The second kappa shape index (κ2) is 12.5. The van der Waals surface area contributed by atoms with Crippen LogP contribution in [0.25, 0.3) is 0 Å². The van der Waals surface area contributed by atoms with E-state index in [2.05, 4.69) is 40.7 Å². The molecule has 0 radical (unpaired) electrons. The maximum absolute atomic E-state index is 12.2. The van der Waals surface area contributed by atoms with Crippen molar-refractivity contribution in [1.82, 2.24) is 0 Å². The first kappa shape index (κ1) is 36.6. The molecule has 6 rings (SSSR count). The molecule has 48 heavy (non-hydrogen) atoms. The number of carboxylic acids is 1. The summed E-state index contributed by atoms with van der Waals surface area (Å²) in [4.78, 5) is 11.6. The quantitative estimate of drug-likeness (QED) is 0.0883. The van der Waals surface area contributed by atoms with E-state index in [0.717, 1.165) is 19.3 Å². The Morgan fingerprint density at radius 2 is 1.71 bits per heavy atom. The molecule has 5 fully saturated rings. The minimum absolute atomic E-state index is 0.0140. The van der Waals surface area contributed by atoms with Gasteiger partial charge in [0.05, 0.1) is 23.9 Å². The van der Waals surface area contributed by atoms with Gasteiger partial charge in [-0.1, -0.05) is 46.3 Å². The molecule has 2 heterocycles. The highest BCUT2D eigenvalue weighted by atomic mass is 32.3. The zero-order chi connectivity index (χ0) is 35.3. The number of carbonyl (C=O) groups is 1. The normalized spacial score (nSPS) is 49.2. The maximum Gasteiger partial charge on any atom is 0.397 e. The average molecular weight is 703 g/mol. The van der Waals surface area contributed by atoms with Gasteiger partial charge in [-0.25, -0.2) is 8.98 Å². The molecule has 6 aliphatic rings. The fraction of sp³-hybridized carbons (Fsp3) is 0.912. The summed E-state index contributed by atoms with van der Waals surface area (Å²) in [5.41, 5.74) is -0.570. The highest BCUT2D eigenvalue weighted by Gasteiger charge is 2.66. The fourth-order valence-electron chi connectivity index (χ4n) is 10.8. The number of hydrogen-bond acceptors (Lipinski definition) is 11. The van der Waals surface area contributed by atoms with Gasteiger partial charge in [-0.2, -0.15) is 8.42 Å². The third-order valence-electron chi connectivity index (χ3n) is 13.7. The van der Waals surface area contributed by atoms with Crippen molar-refractivity contribution in [3.8, 4) is 0 Å². The Bertz CT molecular complexity index is 1380. The van der Waals surface area contributed by atoms with Crippen molar-refractivity contribution in [2.45, 2.75) is 147 Å². The summed E-state index contributed by atoms with van der Waals surface area (Å²) in [6.07, 6.45) is -4.09. The first-order valence-corrected chi connectivity index (χ1v) is 18.9. The Kier molecular flexibility index (Phi) is 9.52. The van der Waals surface area contributed by atoms with E-state index in [-0.39, 0.29) is 41.8 Å². The number of hydrogen-bond donors (Lipinski definition) is 6. The van der Waals surface area contributed by atoms with E-state index in [0.29, 0.717) is 31.1 Å². The molecule has 12 unspecified atom stereocenters. The topological polar surface area (TPSA) is 213 Å². The zero-order valence-electron chi connectivity index (χ0n) is 28.6. The molecule has 6 N–H and O–H groups in total. The van der Waals surface area contributed by atoms with Crippen molar-refractivity contribution >= 4 is 16.4 Å². The van der Waals surface area contributed by atoms with Crippen molar-refractivity contribution in [2.24, 2.45) is 46.3 Å². The monoisotopic (exact) mass is 702 g/mol. The summed E-state index contributed by atoms with van der Waals surface area (Å²) in [6, 6.07) is 0. The minimum Gasteiger partial charge on any atom is -0.479 e. The van der Waals surface area contributed by atoms with Crippen LogP contribution >= 0.6 is 0 Å². The molecular formula is C34H54O13S. The predicted molar refractivity (Wildman–Crippen MR) is 169 cm³/mol. The standard InChI is InChI=1S/C34H54O13S/c1-15(2)16(3)27-29(45-27)34(6,40)23-8-7-19-18-14-22(47-48(41,42)43)21-13-17(9-11-32(21,4)20(18)10-12-33(19,23)5)44-31-26(37)24(35)25(36)28(46-31)30(38)39/h10,15-19,21-29,31,35-37,40H,7-9,11-14H2,1-6H3,(H,38,39)(H,41,42,43)/t16-,17-,18?,19?,21?,22?,23-,24?,25?,26?,27?,28?,29?,31?,32+,33-,34?/m0/s1. The van der Waals surface area contributed by atoms with E-state index in [9.17, 15) is 43.3 Å². The molecule has 0 amide bonds. The Labute approximate surface area is 282 Å². The van der Waals surface area contributed by atoms with Gasteiger partial charge >= 0.3 is 16.4 Å². The number of aliphatic hydroxyl groups is 4. The first-order valence-electron chi connectivity index (χ1n) is 17.5. The van der Waals surface area contributed by atoms with Gasteiger partial charge in [0, 0.05) is 0 Å². The van der Waals surface area contributed by atoms with Gasteiger partial charge in [-0.3, -0.25) is 4.55 Å². The van der Waals surface area contributed by atoms with Crippen LogP contribution in [0, 0.1) is 46.3 Å². The van der Waals surface area contributed by atoms with Crippen molar-refractivity contribution < 1.29 is 61.7 Å². The van der Waals surface area contributed by atoms with E-state index >= 15 is 0 Å². The number of carboxylic acid groups (broad SMARTS) is 1. The van der Waals surface area contributed by atoms with Crippen LogP contribution in [0.1, 0.15) is 86.5 Å². The summed E-state index contributed by atoms with van der Waals surface area (Å²) in [7, 11) is -4.83. The van der Waals surface area contributed by atoms with Gasteiger partial charge < -0.3 is 39.7 Å². The van der Waals surface area contributed by atoms with Gasteiger partial charge in [0.15, 0.2) is 12.4 Å². The Morgan fingerprint density at radius 1 is 1.02 bits per heavy atom. The van der Waals surface area contributed by atoms with Crippen molar-refractivity contribution in [3.63, 3.8) is 0 Å². The highest BCUT2D eigenvalue weighted by Crippen LogP contribution is 2.68. The smallest absolute Gasteiger partial charge is 0.397 e. The predicted octanol–water partition coefficient (Wildman–Crippen LogP) is 2.45. The Hall–Kier alpha value is -1.20. The first-order chi connectivity index (χ1) is 22.2. The molecule has 14 heteroatoms. The molecule has 13 nitrogen and oxygen atoms in total. The summed E-state index contributed by atoms with van der Waals surface area (Å²) < 4.78 is 57.3. The molecule has 3 saturated carbocycles. The number of aliphatic carboxylic acids is 1. The lowest BCUT2D eigenvalue weighted by atomic mass is 9.47. The van der Waals surface area contributed by atoms with Gasteiger partial charge in [-0.15, -0.1) is 0 Å². The lowest BCUT2D eigenvalue weighted by Gasteiger charge is -2.59. The summed E-state index contributed by atoms with van der Waals surface area (Å²) >= 11 is 0. The maximum atomic E-state index is 12.2. The van der Waals surface area contributed by atoms with E-state index in [4.69, 9.17) is 18.4 Å². The highest BCUT2D eigenvalue weighted by molar-refractivity contribution is 7.80. The van der Waals surface area contributed by atoms with Crippen LogP contribution < -0.4 is 0 Å². The molecule has 274 valence electrons. The molecule has 0 aromatic heterocycles. The van der Waals surface area contributed by atoms with Gasteiger partial charge in [0.25, 0.3) is 0 Å². The third kappa shape index (κ3) is 6.09. The lowest BCUT2D eigenvalue weighted by molar-refractivity contribution is -0.309. The van der Waals surface area contributed by atoms with Crippen LogP contribution in [-0.4, -0.2) is 105 Å². The molecule has 2 saturated heterocycles. The van der Waals surface area contributed by atoms with Crippen molar-refractivity contribution in [3.05, 3.63) is 11.6 Å². The summed E-state index contributed by atoms with van der Waals surface area (Å²) in [6.45, 7) is 12.7. The van der Waals surface area contributed by atoms with Gasteiger partial charge in [0.2, 0.25) is 0 Å². The van der Waals surface area contributed by atoms with Crippen molar-refractivity contribution in [2.75, 3.05) is 0 Å². The van der Waals surface area contributed by atoms with E-state index in [1.807, 2.05) is 6.92 Å². The molecular weight excluding hydrogens is 648 g/mol. The number of fused-ring (bicyclic) bond motifs is 5. The SMILES string of the molecule is CC(C)[C@H](C)C1OC1C(C)(O)[C@H]1CCC2C3CC(OS(=O)(=O)O)C4C[C@@H](OC5OC(C(=O)O)C(O)C(O)C5O)CC[C@]4(C)C3=CC[C@@]21C. The Morgan fingerprint density at radius 3 is 2.33 bits per heavy atom. The van der Waals surface area contributed by atoms with Gasteiger partial charge in [0.1, 0.15) is 24.4 Å². The number of allylic oxidation sites excluding steroid dienone is 2. The molecule has 2 aliphatic heterocycles. The Balaban J connectivity index is 1.24. The largest absolute Gasteiger partial charge is 0.479 e. The molecule has 0 spiro atoms. The lowest BCUT2D eigenvalue weighted by Crippen LogP contribution is -2.61. The van der Waals surface area contributed by atoms with E-state index < -0.39 is 76.2 Å². The third-order valence-corrected chi connectivity index (χ3v) is 14.2. The fourth-order valence-corrected chi connectivity index (χ4v) is 11.3. The van der Waals surface area contributed by atoms with Crippen LogP contribution in [0.4, 0.5) is 0 Å². The number of rotatable bonds is 9. The summed E-state index contributed by atoms with van der Waals surface area (Å²) in [5.74, 6) is -1.09. The molecule has 17 atom stereocenters. The molecule has 0 aromatic carbocycles. The summed E-state index contributed by atoms with van der Waals surface area (Å²) in [5, 5.41) is 52.4. The van der Waals surface area contributed by atoms with E-state index in [1.165, 1.54) is 5.57 Å². The van der Waals surface area contributed by atoms with Gasteiger partial charge in [-0.05, 0) is 98.2 Å².